The lowest BCUT2D eigenvalue weighted by Gasteiger charge is -2.14. The molecular formula is C15H12F5NO2. The van der Waals surface area contributed by atoms with E-state index in [2.05, 4.69) is 14.8 Å². The van der Waals surface area contributed by atoms with Gasteiger partial charge in [-0.2, -0.15) is 17.6 Å². The lowest BCUT2D eigenvalue weighted by atomic mass is 10.2. The SMILES string of the molecule is Fc1ccccc1CNc1ccc(OC(F)F)cc1OC(F)F. The number of anilines is 1. The summed E-state index contributed by atoms with van der Waals surface area (Å²) in [5.74, 6) is -1.17. The number of rotatable bonds is 7. The van der Waals surface area contributed by atoms with Gasteiger partial charge in [-0.25, -0.2) is 4.39 Å². The van der Waals surface area contributed by atoms with E-state index < -0.39 is 19.0 Å². The van der Waals surface area contributed by atoms with Crippen LogP contribution in [0.4, 0.5) is 27.6 Å². The minimum atomic E-state index is -3.15. The molecule has 0 aliphatic heterocycles. The van der Waals surface area contributed by atoms with Crippen LogP contribution in [0, 0.1) is 5.82 Å². The molecule has 124 valence electrons. The molecule has 0 aliphatic carbocycles. The molecule has 2 rings (SSSR count). The van der Waals surface area contributed by atoms with Crippen molar-refractivity contribution in [1.29, 1.82) is 0 Å². The van der Waals surface area contributed by atoms with Gasteiger partial charge < -0.3 is 14.8 Å². The van der Waals surface area contributed by atoms with Gasteiger partial charge in [-0.15, -0.1) is 0 Å². The lowest BCUT2D eigenvalue weighted by molar-refractivity contribution is -0.0539. The summed E-state index contributed by atoms with van der Waals surface area (Å²) >= 11 is 0. The quantitative estimate of drug-likeness (QED) is 0.749. The van der Waals surface area contributed by atoms with Crippen LogP contribution in [0.3, 0.4) is 0 Å². The summed E-state index contributed by atoms with van der Waals surface area (Å²) in [5, 5.41) is 2.71. The van der Waals surface area contributed by atoms with Gasteiger partial charge >= 0.3 is 13.2 Å². The zero-order valence-corrected chi connectivity index (χ0v) is 11.6. The van der Waals surface area contributed by atoms with Crippen molar-refractivity contribution in [2.75, 3.05) is 5.32 Å². The van der Waals surface area contributed by atoms with E-state index in [0.717, 1.165) is 12.1 Å². The fourth-order valence-corrected chi connectivity index (χ4v) is 1.85. The zero-order chi connectivity index (χ0) is 16.8. The van der Waals surface area contributed by atoms with Gasteiger partial charge in [0.15, 0.2) is 5.75 Å². The second kappa shape index (κ2) is 7.66. The number of hydrogen-bond acceptors (Lipinski definition) is 3. The second-order valence-electron chi connectivity index (χ2n) is 4.36. The van der Waals surface area contributed by atoms with E-state index in [4.69, 9.17) is 0 Å². The van der Waals surface area contributed by atoms with E-state index in [-0.39, 0.29) is 23.7 Å². The Morgan fingerprint density at radius 3 is 2.26 bits per heavy atom. The van der Waals surface area contributed by atoms with Crippen molar-refractivity contribution in [2.45, 2.75) is 19.8 Å². The molecular weight excluding hydrogens is 321 g/mol. The van der Waals surface area contributed by atoms with E-state index in [0.29, 0.717) is 5.56 Å². The lowest BCUT2D eigenvalue weighted by Crippen LogP contribution is -2.08. The van der Waals surface area contributed by atoms with Crippen LogP contribution in [-0.2, 0) is 6.54 Å². The van der Waals surface area contributed by atoms with Gasteiger partial charge in [0, 0.05) is 18.2 Å². The van der Waals surface area contributed by atoms with Crippen LogP contribution < -0.4 is 14.8 Å². The Bertz CT molecular complexity index is 652. The van der Waals surface area contributed by atoms with Crippen LogP contribution in [0.25, 0.3) is 0 Å². The standard InChI is InChI=1S/C15H12F5NO2/c16-11-4-2-1-3-9(11)8-21-12-6-5-10(22-14(17)18)7-13(12)23-15(19)20/h1-7,14-15,21H,8H2. The molecule has 2 aromatic carbocycles. The Balaban J connectivity index is 2.17. The van der Waals surface area contributed by atoms with Crippen molar-refractivity contribution in [3.05, 3.63) is 53.8 Å². The Kier molecular flexibility index (Phi) is 5.61. The van der Waals surface area contributed by atoms with Crippen molar-refractivity contribution in [3.63, 3.8) is 0 Å². The van der Waals surface area contributed by atoms with Gasteiger partial charge in [0.05, 0.1) is 5.69 Å². The maximum atomic E-state index is 13.5. The molecule has 3 nitrogen and oxygen atoms in total. The molecule has 0 saturated heterocycles. The number of hydrogen-bond donors (Lipinski definition) is 1. The minimum Gasteiger partial charge on any atom is -0.435 e. The number of nitrogens with one attached hydrogen (secondary N) is 1. The summed E-state index contributed by atoms with van der Waals surface area (Å²) in [4.78, 5) is 0. The van der Waals surface area contributed by atoms with Gasteiger partial charge in [-0.05, 0) is 18.2 Å². The van der Waals surface area contributed by atoms with Crippen molar-refractivity contribution < 1.29 is 31.4 Å². The monoisotopic (exact) mass is 333 g/mol. The van der Waals surface area contributed by atoms with Crippen molar-refractivity contribution >= 4 is 5.69 Å². The molecule has 0 saturated carbocycles. The first kappa shape index (κ1) is 16.9. The largest absolute Gasteiger partial charge is 0.435 e. The predicted molar refractivity (Wildman–Crippen MR) is 73.4 cm³/mol. The van der Waals surface area contributed by atoms with Gasteiger partial charge in [-0.1, -0.05) is 18.2 Å². The summed E-state index contributed by atoms with van der Waals surface area (Å²) in [6, 6.07) is 9.21. The first-order valence-corrected chi connectivity index (χ1v) is 6.46. The number of benzene rings is 2. The predicted octanol–water partition coefficient (Wildman–Crippen LogP) is 4.64. The molecule has 0 amide bonds. The third kappa shape index (κ3) is 5.01. The average Bonchev–Trinajstić information content (AvgIpc) is 2.47. The topological polar surface area (TPSA) is 30.5 Å². The summed E-state index contributed by atoms with van der Waals surface area (Å²) in [6.45, 7) is -6.24. The highest BCUT2D eigenvalue weighted by Crippen LogP contribution is 2.32. The normalized spacial score (nSPS) is 10.9. The first-order chi connectivity index (χ1) is 11.0. The van der Waals surface area contributed by atoms with Crippen LogP contribution >= 0.6 is 0 Å². The summed E-state index contributed by atoms with van der Waals surface area (Å²) in [5.41, 5.74) is 0.401. The van der Waals surface area contributed by atoms with Gasteiger partial charge in [-0.3, -0.25) is 0 Å². The maximum absolute atomic E-state index is 13.5. The highest BCUT2D eigenvalue weighted by atomic mass is 19.3. The van der Waals surface area contributed by atoms with Gasteiger partial charge in [0.1, 0.15) is 11.6 Å². The molecule has 0 fully saturated rings. The molecule has 2 aromatic rings. The molecule has 0 aliphatic rings. The van der Waals surface area contributed by atoms with E-state index >= 15 is 0 Å². The molecule has 0 radical (unpaired) electrons. The molecule has 0 unspecified atom stereocenters. The Labute approximate surface area is 128 Å². The van der Waals surface area contributed by atoms with Crippen LogP contribution in [0.1, 0.15) is 5.56 Å². The van der Waals surface area contributed by atoms with Crippen molar-refractivity contribution in [3.8, 4) is 11.5 Å². The summed E-state index contributed by atoms with van der Waals surface area (Å²) in [6.07, 6.45) is 0. The number of halogens is 5. The highest BCUT2D eigenvalue weighted by molar-refractivity contribution is 5.59. The van der Waals surface area contributed by atoms with E-state index in [9.17, 15) is 22.0 Å². The molecule has 8 heteroatoms. The molecule has 0 heterocycles. The molecule has 0 aromatic heterocycles. The van der Waals surface area contributed by atoms with E-state index in [1.54, 1.807) is 6.07 Å². The van der Waals surface area contributed by atoms with Crippen molar-refractivity contribution in [1.82, 2.24) is 0 Å². The van der Waals surface area contributed by atoms with Gasteiger partial charge in [0.25, 0.3) is 0 Å². The first-order valence-electron chi connectivity index (χ1n) is 6.46. The fourth-order valence-electron chi connectivity index (χ4n) is 1.85. The molecule has 23 heavy (non-hydrogen) atoms. The molecule has 0 atom stereocenters. The Hall–Kier alpha value is -2.51. The van der Waals surface area contributed by atoms with E-state index in [1.165, 1.54) is 24.3 Å². The zero-order valence-electron chi connectivity index (χ0n) is 11.6. The smallest absolute Gasteiger partial charge is 0.387 e. The highest BCUT2D eigenvalue weighted by Gasteiger charge is 2.13. The van der Waals surface area contributed by atoms with Crippen molar-refractivity contribution in [2.24, 2.45) is 0 Å². The van der Waals surface area contributed by atoms with Crippen LogP contribution in [-0.4, -0.2) is 13.2 Å². The van der Waals surface area contributed by atoms with Gasteiger partial charge in [0.2, 0.25) is 0 Å². The van der Waals surface area contributed by atoms with E-state index in [1.807, 2.05) is 0 Å². The number of ether oxygens (including phenoxy) is 2. The molecule has 0 bridgehead atoms. The molecule has 0 spiro atoms. The third-order valence-corrected chi connectivity index (χ3v) is 2.82. The average molecular weight is 333 g/mol. The number of alkyl halides is 4. The fraction of sp³-hybridized carbons (Fsp3) is 0.200. The minimum absolute atomic E-state index is 0.00131. The Morgan fingerprint density at radius 2 is 1.61 bits per heavy atom. The summed E-state index contributed by atoms with van der Waals surface area (Å²) in [7, 11) is 0. The summed E-state index contributed by atoms with van der Waals surface area (Å²) < 4.78 is 71.1. The maximum Gasteiger partial charge on any atom is 0.387 e. The third-order valence-electron chi connectivity index (χ3n) is 2.82. The van der Waals surface area contributed by atoms with Crippen LogP contribution in [0.15, 0.2) is 42.5 Å². The molecule has 1 N–H and O–H groups in total. The van der Waals surface area contributed by atoms with Crippen LogP contribution in [0.5, 0.6) is 11.5 Å². The second-order valence-corrected chi connectivity index (χ2v) is 4.36. The Morgan fingerprint density at radius 1 is 0.913 bits per heavy atom. The van der Waals surface area contributed by atoms with Crippen LogP contribution in [0.2, 0.25) is 0 Å².